The van der Waals surface area contributed by atoms with Crippen LogP contribution in [0, 0.1) is 11.3 Å². The number of hydrogen-bond acceptors (Lipinski definition) is 2. The predicted octanol–water partition coefficient (Wildman–Crippen LogP) is 4.29. The molecule has 0 spiro atoms. The van der Waals surface area contributed by atoms with Crippen LogP contribution in [0.4, 0.5) is 13.2 Å². The van der Waals surface area contributed by atoms with E-state index in [2.05, 4.69) is 4.98 Å². The molecule has 0 saturated carbocycles. The molecule has 0 bridgehead atoms. The molecule has 0 unspecified atom stereocenters. The Balaban J connectivity index is 2.67. The quantitative estimate of drug-likeness (QED) is 0.732. The van der Waals surface area contributed by atoms with Gasteiger partial charge < -0.3 is 0 Å². The molecule has 19 heavy (non-hydrogen) atoms. The number of nitrogens with zero attached hydrogens (tertiary/aromatic N) is 2. The van der Waals surface area contributed by atoms with Gasteiger partial charge in [0, 0.05) is 6.20 Å². The molecular weight excluding hydrogens is 277 g/mol. The highest BCUT2D eigenvalue weighted by atomic mass is 35.5. The molecule has 0 radical (unpaired) electrons. The number of benzene rings is 1. The zero-order valence-electron chi connectivity index (χ0n) is 9.37. The third-order valence-electron chi connectivity index (χ3n) is 2.49. The molecule has 0 N–H and O–H groups in total. The van der Waals surface area contributed by atoms with Gasteiger partial charge in [0.25, 0.3) is 0 Å². The van der Waals surface area contributed by atoms with Gasteiger partial charge in [-0.3, -0.25) is 0 Å². The maximum atomic E-state index is 13.0. The Morgan fingerprint density at radius 3 is 2.47 bits per heavy atom. The Labute approximate surface area is 112 Å². The number of rotatable bonds is 1. The monoisotopic (exact) mass is 282 g/mol. The van der Waals surface area contributed by atoms with Gasteiger partial charge in [-0.2, -0.15) is 18.4 Å². The molecule has 0 atom stereocenters. The van der Waals surface area contributed by atoms with Gasteiger partial charge >= 0.3 is 6.18 Å². The summed E-state index contributed by atoms with van der Waals surface area (Å²) in [5.41, 5.74) is -0.641. The van der Waals surface area contributed by atoms with Crippen molar-refractivity contribution in [2.24, 2.45) is 0 Å². The third-order valence-corrected chi connectivity index (χ3v) is 2.70. The van der Waals surface area contributed by atoms with Crippen molar-refractivity contribution in [3.63, 3.8) is 0 Å². The van der Waals surface area contributed by atoms with E-state index in [1.54, 1.807) is 6.07 Å². The zero-order valence-corrected chi connectivity index (χ0v) is 10.1. The van der Waals surface area contributed by atoms with Crippen LogP contribution in [0.3, 0.4) is 0 Å². The third kappa shape index (κ3) is 2.85. The lowest BCUT2D eigenvalue weighted by Gasteiger charge is -2.13. The number of nitriles is 1. The van der Waals surface area contributed by atoms with Gasteiger partial charge in [-0.25, -0.2) is 4.98 Å². The highest BCUT2D eigenvalue weighted by molar-refractivity contribution is 6.29. The standard InChI is InChI=1S/C13H6ClF3N2/c14-12-6-9(3-4-19-12)10-2-1-8(7-18)5-11(10)13(15,16)17/h1-6H. The van der Waals surface area contributed by atoms with Crippen molar-refractivity contribution in [2.75, 3.05) is 0 Å². The SMILES string of the molecule is N#Cc1ccc(-c2ccnc(Cl)c2)c(C(F)(F)F)c1. The van der Waals surface area contributed by atoms with Gasteiger partial charge in [-0.05, 0) is 35.4 Å². The van der Waals surface area contributed by atoms with Crippen molar-refractivity contribution < 1.29 is 13.2 Å². The van der Waals surface area contributed by atoms with E-state index in [1.165, 1.54) is 30.5 Å². The predicted molar refractivity (Wildman–Crippen MR) is 64.4 cm³/mol. The van der Waals surface area contributed by atoms with Crippen LogP contribution < -0.4 is 0 Å². The molecule has 0 amide bonds. The molecule has 1 heterocycles. The Bertz CT molecular complexity index is 660. The minimum absolute atomic E-state index is 0.0317. The minimum atomic E-state index is -4.54. The van der Waals surface area contributed by atoms with E-state index in [0.29, 0.717) is 5.56 Å². The summed E-state index contributed by atoms with van der Waals surface area (Å²) in [5, 5.41) is 8.79. The fourth-order valence-corrected chi connectivity index (χ4v) is 1.84. The summed E-state index contributed by atoms with van der Waals surface area (Å²) in [5.74, 6) is 0. The zero-order chi connectivity index (χ0) is 14.0. The lowest BCUT2D eigenvalue weighted by Crippen LogP contribution is -2.07. The van der Waals surface area contributed by atoms with Crippen LogP contribution >= 0.6 is 11.6 Å². The lowest BCUT2D eigenvalue weighted by molar-refractivity contribution is -0.137. The second kappa shape index (κ2) is 4.90. The molecule has 2 nitrogen and oxygen atoms in total. The van der Waals surface area contributed by atoms with E-state index in [1.807, 2.05) is 0 Å². The normalized spacial score (nSPS) is 11.1. The van der Waals surface area contributed by atoms with E-state index in [9.17, 15) is 13.2 Å². The van der Waals surface area contributed by atoms with Crippen molar-refractivity contribution in [1.29, 1.82) is 5.26 Å². The van der Waals surface area contributed by atoms with Crippen molar-refractivity contribution in [2.45, 2.75) is 6.18 Å². The number of aromatic nitrogens is 1. The summed E-state index contributed by atoms with van der Waals surface area (Å²) in [6.45, 7) is 0. The average molecular weight is 283 g/mol. The largest absolute Gasteiger partial charge is 0.417 e. The van der Waals surface area contributed by atoms with E-state index in [4.69, 9.17) is 16.9 Å². The fraction of sp³-hybridized carbons (Fsp3) is 0.0769. The summed E-state index contributed by atoms with van der Waals surface area (Å²) in [6, 6.07) is 7.88. The van der Waals surface area contributed by atoms with Crippen LogP contribution in [0.1, 0.15) is 11.1 Å². The topological polar surface area (TPSA) is 36.7 Å². The van der Waals surface area contributed by atoms with Crippen molar-refractivity contribution in [3.8, 4) is 17.2 Å². The Kier molecular flexibility index (Phi) is 3.45. The number of alkyl halides is 3. The summed E-state index contributed by atoms with van der Waals surface area (Å²) in [4.78, 5) is 3.72. The molecule has 2 aromatic rings. The van der Waals surface area contributed by atoms with Crippen molar-refractivity contribution >= 4 is 11.6 Å². The second-order valence-electron chi connectivity index (χ2n) is 3.74. The number of pyridine rings is 1. The first kappa shape index (κ1) is 13.4. The average Bonchev–Trinajstić information content (AvgIpc) is 2.37. The van der Waals surface area contributed by atoms with Crippen LogP contribution in [0.15, 0.2) is 36.5 Å². The van der Waals surface area contributed by atoms with E-state index in [-0.39, 0.29) is 16.3 Å². The molecule has 0 saturated heterocycles. The second-order valence-corrected chi connectivity index (χ2v) is 4.12. The molecule has 6 heteroatoms. The lowest BCUT2D eigenvalue weighted by atomic mass is 9.98. The van der Waals surface area contributed by atoms with Crippen LogP contribution in [0.25, 0.3) is 11.1 Å². The van der Waals surface area contributed by atoms with E-state index < -0.39 is 11.7 Å². The van der Waals surface area contributed by atoms with Gasteiger partial charge in [-0.1, -0.05) is 17.7 Å². The minimum Gasteiger partial charge on any atom is -0.245 e. The molecule has 0 aliphatic carbocycles. The first-order valence-corrected chi connectivity index (χ1v) is 5.53. The van der Waals surface area contributed by atoms with Gasteiger partial charge in [0.1, 0.15) is 5.15 Å². The van der Waals surface area contributed by atoms with E-state index in [0.717, 1.165) is 6.07 Å². The van der Waals surface area contributed by atoms with Crippen LogP contribution in [0.5, 0.6) is 0 Å². The number of hydrogen-bond donors (Lipinski definition) is 0. The van der Waals surface area contributed by atoms with Crippen LogP contribution in [-0.4, -0.2) is 4.98 Å². The smallest absolute Gasteiger partial charge is 0.245 e. The molecule has 1 aromatic heterocycles. The Morgan fingerprint density at radius 2 is 1.89 bits per heavy atom. The molecular formula is C13H6ClF3N2. The Morgan fingerprint density at radius 1 is 1.16 bits per heavy atom. The first-order chi connectivity index (χ1) is 8.91. The van der Waals surface area contributed by atoms with Crippen molar-refractivity contribution in [1.82, 2.24) is 4.98 Å². The fourth-order valence-electron chi connectivity index (χ4n) is 1.67. The summed E-state index contributed by atoms with van der Waals surface area (Å²) < 4.78 is 39.0. The summed E-state index contributed by atoms with van der Waals surface area (Å²) in [6.07, 6.45) is -3.21. The van der Waals surface area contributed by atoms with E-state index >= 15 is 0 Å². The maximum absolute atomic E-state index is 13.0. The highest BCUT2D eigenvalue weighted by Gasteiger charge is 2.34. The summed E-state index contributed by atoms with van der Waals surface area (Å²) >= 11 is 5.68. The first-order valence-electron chi connectivity index (χ1n) is 5.15. The van der Waals surface area contributed by atoms with Gasteiger partial charge in [0.2, 0.25) is 0 Å². The summed E-state index contributed by atoms with van der Waals surface area (Å²) in [7, 11) is 0. The molecule has 0 aliphatic rings. The molecule has 0 fully saturated rings. The molecule has 1 aromatic carbocycles. The van der Waals surface area contributed by atoms with Crippen molar-refractivity contribution in [3.05, 3.63) is 52.8 Å². The van der Waals surface area contributed by atoms with Crippen LogP contribution in [0.2, 0.25) is 5.15 Å². The van der Waals surface area contributed by atoms with Crippen LogP contribution in [-0.2, 0) is 6.18 Å². The van der Waals surface area contributed by atoms with Gasteiger partial charge in [0.05, 0.1) is 17.2 Å². The molecule has 96 valence electrons. The van der Waals surface area contributed by atoms with Gasteiger partial charge in [-0.15, -0.1) is 0 Å². The molecule has 2 rings (SSSR count). The number of halogens is 4. The highest BCUT2D eigenvalue weighted by Crippen LogP contribution is 2.37. The maximum Gasteiger partial charge on any atom is 0.417 e. The molecule has 0 aliphatic heterocycles. The van der Waals surface area contributed by atoms with Gasteiger partial charge in [0.15, 0.2) is 0 Å². The Hall–Kier alpha value is -2.06.